The van der Waals surface area contributed by atoms with E-state index in [4.69, 9.17) is 0 Å². The van der Waals surface area contributed by atoms with Gasteiger partial charge < -0.3 is 5.32 Å². The van der Waals surface area contributed by atoms with Crippen molar-refractivity contribution in [2.45, 2.75) is 39.8 Å². The van der Waals surface area contributed by atoms with Gasteiger partial charge in [-0.3, -0.25) is 4.79 Å². The lowest BCUT2D eigenvalue weighted by Gasteiger charge is -2.19. The summed E-state index contributed by atoms with van der Waals surface area (Å²) in [5.74, 6) is 0.563. The van der Waals surface area contributed by atoms with E-state index in [1.54, 1.807) is 0 Å². The number of aromatic nitrogens is 4. The lowest BCUT2D eigenvalue weighted by atomic mass is 9.88. The fourth-order valence-electron chi connectivity index (χ4n) is 3.72. The van der Waals surface area contributed by atoms with Gasteiger partial charge >= 0.3 is 6.18 Å². The number of anilines is 2. The summed E-state index contributed by atoms with van der Waals surface area (Å²) < 4.78 is 40.7. The van der Waals surface area contributed by atoms with Gasteiger partial charge in [-0.1, -0.05) is 13.0 Å². The third-order valence-corrected chi connectivity index (χ3v) is 4.95. The molecule has 0 bridgehead atoms. The molecule has 3 aromatic rings. The van der Waals surface area contributed by atoms with Crippen LogP contribution in [0.4, 0.5) is 24.7 Å². The fourth-order valence-corrected chi connectivity index (χ4v) is 3.72. The Kier molecular flexibility index (Phi) is 4.83. The summed E-state index contributed by atoms with van der Waals surface area (Å²) in [7, 11) is 0. The van der Waals surface area contributed by atoms with Crippen molar-refractivity contribution in [2.24, 2.45) is 5.92 Å². The molecule has 1 N–H and O–H groups in total. The summed E-state index contributed by atoms with van der Waals surface area (Å²) >= 11 is 0. The molecule has 30 heavy (non-hydrogen) atoms. The molecular weight excluding hydrogens is 395 g/mol. The highest BCUT2D eigenvalue weighted by Crippen LogP contribution is 2.35. The maximum Gasteiger partial charge on any atom is 0.416 e. The quantitative estimate of drug-likeness (QED) is 0.665. The third kappa shape index (κ3) is 3.79. The largest absolute Gasteiger partial charge is 0.416 e. The Hall–Kier alpha value is -3.23. The molecule has 0 spiro atoms. The molecule has 4 rings (SSSR count). The first-order valence-electron chi connectivity index (χ1n) is 9.54. The van der Waals surface area contributed by atoms with Gasteiger partial charge in [0.2, 0.25) is 0 Å². The molecule has 0 radical (unpaired) electrons. The van der Waals surface area contributed by atoms with Crippen LogP contribution in [-0.4, -0.2) is 25.5 Å². The Morgan fingerprint density at radius 1 is 1.10 bits per heavy atom. The van der Waals surface area contributed by atoms with Crippen LogP contribution in [0.5, 0.6) is 0 Å². The number of hydrogen-bond acceptors (Lipinski definition) is 5. The zero-order valence-corrected chi connectivity index (χ0v) is 16.7. The van der Waals surface area contributed by atoms with Crippen molar-refractivity contribution in [1.82, 2.24) is 19.7 Å². The van der Waals surface area contributed by atoms with Gasteiger partial charge in [-0.15, -0.1) is 5.10 Å². The van der Waals surface area contributed by atoms with Gasteiger partial charge in [0.25, 0.3) is 5.95 Å². The lowest BCUT2D eigenvalue weighted by Crippen LogP contribution is -2.20. The van der Waals surface area contributed by atoms with Gasteiger partial charge in [0.15, 0.2) is 11.6 Å². The second-order valence-corrected chi connectivity index (χ2v) is 7.67. The van der Waals surface area contributed by atoms with E-state index in [-0.39, 0.29) is 23.2 Å². The predicted molar refractivity (Wildman–Crippen MR) is 105 cm³/mol. The van der Waals surface area contributed by atoms with Crippen molar-refractivity contribution < 1.29 is 18.0 Å². The van der Waals surface area contributed by atoms with Gasteiger partial charge in [-0.2, -0.15) is 13.2 Å². The summed E-state index contributed by atoms with van der Waals surface area (Å²) in [6, 6.07) is 6.63. The summed E-state index contributed by atoms with van der Waals surface area (Å²) in [4.78, 5) is 21.7. The Labute approximate surface area is 171 Å². The van der Waals surface area contributed by atoms with E-state index in [0.717, 1.165) is 23.5 Å². The maximum absolute atomic E-state index is 13.1. The number of fused-ring (bicyclic) bond motifs is 1. The van der Waals surface area contributed by atoms with Gasteiger partial charge in [-0.05, 0) is 50.5 Å². The Balaban J connectivity index is 1.82. The number of nitrogens with one attached hydrogen (secondary N) is 1. The van der Waals surface area contributed by atoms with Gasteiger partial charge in [0.05, 0.1) is 16.8 Å². The van der Waals surface area contributed by atoms with E-state index in [1.807, 2.05) is 26.8 Å². The lowest BCUT2D eigenvalue weighted by molar-refractivity contribution is -0.137. The van der Waals surface area contributed by atoms with Crippen molar-refractivity contribution >= 4 is 17.3 Å². The SMILES string of the molecule is Cc1cc(C)nc(-n2nc(Nc3cccc(C(F)(F)F)c3)c3c2CC(C)CC3=O)n1. The van der Waals surface area contributed by atoms with Crippen molar-refractivity contribution in [3.63, 3.8) is 0 Å². The first kappa shape index (κ1) is 20.1. The zero-order valence-electron chi connectivity index (χ0n) is 16.7. The molecule has 9 heteroatoms. The number of carbonyl (C=O) groups excluding carboxylic acids is 1. The summed E-state index contributed by atoms with van der Waals surface area (Å²) in [5.41, 5.74) is 1.98. The topological polar surface area (TPSA) is 72.7 Å². The maximum atomic E-state index is 13.1. The van der Waals surface area contributed by atoms with Crippen LogP contribution in [0.25, 0.3) is 5.95 Å². The molecule has 0 saturated carbocycles. The second-order valence-electron chi connectivity index (χ2n) is 7.67. The Morgan fingerprint density at radius 3 is 2.47 bits per heavy atom. The van der Waals surface area contributed by atoms with Crippen LogP contribution < -0.4 is 5.32 Å². The van der Waals surface area contributed by atoms with Crippen molar-refractivity contribution in [3.05, 3.63) is 58.5 Å². The fraction of sp³-hybridized carbons (Fsp3) is 0.333. The van der Waals surface area contributed by atoms with E-state index in [1.165, 1.54) is 16.8 Å². The number of nitrogens with zero attached hydrogens (tertiary/aromatic N) is 4. The van der Waals surface area contributed by atoms with Gasteiger partial charge in [0, 0.05) is 23.5 Å². The van der Waals surface area contributed by atoms with Crippen LogP contribution in [0.2, 0.25) is 0 Å². The van der Waals surface area contributed by atoms with Crippen LogP contribution in [0.1, 0.15) is 46.3 Å². The molecular formula is C21H20F3N5O. The van der Waals surface area contributed by atoms with E-state index < -0.39 is 11.7 Å². The van der Waals surface area contributed by atoms with E-state index in [0.29, 0.717) is 30.0 Å². The van der Waals surface area contributed by atoms with Crippen LogP contribution in [0, 0.1) is 19.8 Å². The molecule has 1 unspecified atom stereocenters. The average Bonchev–Trinajstić information content (AvgIpc) is 2.99. The molecule has 156 valence electrons. The molecule has 6 nitrogen and oxygen atoms in total. The van der Waals surface area contributed by atoms with Crippen LogP contribution in [-0.2, 0) is 12.6 Å². The predicted octanol–water partition coefficient (Wildman–Crippen LogP) is 4.81. The van der Waals surface area contributed by atoms with E-state index in [9.17, 15) is 18.0 Å². The second kappa shape index (κ2) is 7.23. The third-order valence-electron chi connectivity index (χ3n) is 4.95. The number of hydrogen-bond donors (Lipinski definition) is 1. The first-order valence-corrected chi connectivity index (χ1v) is 9.54. The molecule has 1 aromatic carbocycles. The van der Waals surface area contributed by atoms with E-state index in [2.05, 4.69) is 20.4 Å². The molecule has 1 aliphatic rings. The normalized spacial score (nSPS) is 16.5. The van der Waals surface area contributed by atoms with Crippen molar-refractivity contribution in [3.8, 4) is 5.95 Å². The Bertz CT molecular complexity index is 1120. The summed E-state index contributed by atoms with van der Waals surface area (Å²) in [6.07, 6.45) is -3.52. The molecule has 1 aliphatic carbocycles. The average molecular weight is 415 g/mol. The number of benzene rings is 1. The number of carbonyl (C=O) groups is 1. The van der Waals surface area contributed by atoms with Crippen LogP contribution in [0.15, 0.2) is 30.3 Å². The highest BCUT2D eigenvalue weighted by Gasteiger charge is 2.33. The minimum absolute atomic E-state index is 0.103. The van der Waals surface area contributed by atoms with Gasteiger partial charge in [0.1, 0.15) is 0 Å². The number of ketones is 1. The first-order chi connectivity index (χ1) is 14.1. The zero-order chi connectivity index (χ0) is 21.6. The molecule has 2 aromatic heterocycles. The molecule has 2 heterocycles. The number of aryl methyl sites for hydroxylation is 2. The number of alkyl halides is 3. The number of Topliss-reactive ketones (excluding diaryl/α,β-unsaturated/α-hetero) is 1. The van der Waals surface area contributed by atoms with Crippen LogP contribution in [0.3, 0.4) is 0 Å². The van der Waals surface area contributed by atoms with Crippen molar-refractivity contribution in [1.29, 1.82) is 0 Å². The monoisotopic (exact) mass is 415 g/mol. The smallest absolute Gasteiger partial charge is 0.338 e. The molecule has 0 saturated heterocycles. The minimum Gasteiger partial charge on any atom is -0.338 e. The Morgan fingerprint density at radius 2 is 1.80 bits per heavy atom. The highest BCUT2D eigenvalue weighted by atomic mass is 19.4. The summed E-state index contributed by atoms with van der Waals surface area (Å²) in [6.45, 7) is 5.65. The number of halogens is 3. The summed E-state index contributed by atoms with van der Waals surface area (Å²) in [5, 5.41) is 7.40. The van der Waals surface area contributed by atoms with Crippen molar-refractivity contribution in [2.75, 3.05) is 5.32 Å². The minimum atomic E-state index is -4.46. The van der Waals surface area contributed by atoms with E-state index >= 15 is 0 Å². The van der Waals surface area contributed by atoms with Crippen LogP contribution >= 0.6 is 0 Å². The van der Waals surface area contributed by atoms with Gasteiger partial charge in [-0.25, -0.2) is 14.6 Å². The molecule has 0 amide bonds. The number of rotatable bonds is 3. The highest BCUT2D eigenvalue weighted by molar-refractivity contribution is 6.03. The molecule has 1 atom stereocenters. The molecule has 0 fully saturated rings. The molecule has 0 aliphatic heterocycles. The standard InChI is InChI=1S/C21H20F3N5O/c1-11-7-16-18(17(30)8-11)19(27-15-6-4-5-14(10-15)21(22,23)24)28-29(16)20-25-12(2)9-13(3)26-20/h4-6,9-11H,7-8H2,1-3H3,(H,27,28).